The van der Waals surface area contributed by atoms with Crippen LogP contribution in [0.5, 0.6) is 5.75 Å². The summed E-state index contributed by atoms with van der Waals surface area (Å²) < 4.78 is 6.57. The van der Waals surface area contributed by atoms with Gasteiger partial charge in [-0.1, -0.05) is 29.8 Å². The van der Waals surface area contributed by atoms with Gasteiger partial charge in [-0.05, 0) is 74.8 Å². The maximum atomic E-state index is 13.5. The molecule has 0 fully saturated rings. The summed E-state index contributed by atoms with van der Waals surface area (Å²) in [5.41, 5.74) is 3.78. The standard InChI is InChI=1S/C28H33ClN4O2/c1-20(2)33-19-24(18-32(3)16-13-21-7-9-23(29)10-8-21)35-27-25(28(33)34)5-4-6-26(27)31-17-22-11-14-30-15-12-22/h4-12,14-15,20,24,31H,13,16-19H2,1-3H3. The number of benzene rings is 2. The first kappa shape index (κ1) is 25.0. The summed E-state index contributed by atoms with van der Waals surface area (Å²) in [5.74, 6) is 0.639. The van der Waals surface area contributed by atoms with Crippen molar-refractivity contribution in [1.82, 2.24) is 14.8 Å². The van der Waals surface area contributed by atoms with Gasteiger partial charge >= 0.3 is 0 Å². The fourth-order valence-electron chi connectivity index (χ4n) is 4.28. The van der Waals surface area contributed by atoms with Gasteiger partial charge in [-0.25, -0.2) is 0 Å². The van der Waals surface area contributed by atoms with Crippen molar-refractivity contribution in [3.8, 4) is 5.75 Å². The number of hydrogen-bond acceptors (Lipinski definition) is 5. The van der Waals surface area contributed by atoms with E-state index in [0.717, 1.165) is 29.2 Å². The number of para-hydroxylation sites is 1. The number of carbonyl (C=O) groups is 1. The average Bonchev–Trinajstić information content (AvgIpc) is 3.00. The van der Waals surface area contributed by atoms with Gasteiger partial charge in [0.2, 0.25) is 0 Å². The molecule has 1 atom stereocenters. The summed E-state index contributed by atoms with van der Waals surface area (Å²) in [4.78, 5) is 21.7. The highest BCUT2D eigenvalue weighted by Gasteiger charge is 2.32. The van der Waals surface area contributed by atoms with E-state index in [1.54, 1.807) is 12.4 Å². The van der Waals surface area contributed by atoms with E-state index in [1.807, 2.05) is 47.4 Å². The van der Waals surface area contributed by atoms with E-state index >= 15 is 0 Å². The second-order valence-corrected chi connectivity index (χ2v) is 9.76. The number of fused-ring (bicyclic) bond motifs is 1. The highest BCUT2D eigenvalue weighted by atomic mass is 35.5. The van der Waals surface area contributed by atoms with Crippen molar-refractivity contribution < 1.29 is 9.53 Å². The van der Waals surface area contributed by atoms with Crippen LogP contribution in [0.2, 0.25) is 5.02 Å². The molecule has 1 unspecified atom stereocenters. The van der Waals surface area contributed by atoms with Gasteiger partial charge in [0.05, 0.1) is 17.8 Å². The molecule has 2 aromatic carbocycles. The van der Waals surface area contributed by atoms with Crippen LogP contribution in [-0.4, -0.2) is 59.5 Å². The van der Waals surface area contributed by atoms with Crippen molar-refractivity contribution in [3.05, 3.63) is 88.7 Å². The van der Waals surface area contributed by atoms with E-state index in [9.17, 15) is 4.79 Å². The molecule has 7 heteroatoms. The zero-order valence-corrected chi connectivity index (χ0v) is 21.3. The normalized spacial score (nSPS) is 15.7. The fraction of sp³-hybridized carbons (Fsp3) is 0.357. The van der Waals surface area contributed by atoms with E-state index < -0.39 is 0 Å². The fourth-order valence-corrected chi connectivity index (χ4v) is 4.41. The van der Waals surface area contributed by atoms with Crippen molar-refractivity contribution in [2.45, 2.75) is 39.0 Å². The molecule has 0 saturated heterocycles. The van der Waals surface area contributed by atoms with Crippen molar-refractivity contribution in [2.75, 3.05) is 32.0 Å². The first-order valence-electron chi connectivity index (χ1n) is 12.1. The van der Waals surface area contributed by atoms with Gasteiger partial charge < -0.3 is 19.9 Å². The third-order valence-corrected chi connectivity index (χ3v) is 6.51. The highest BCUT2D eigenvalue weighted by molar-refractivity contribution is 6.30. The number of anilines is 1. The van der Waals surface area contributed by atoms with E-state index in [4.69, 9.17) is 16.3 Å². The Kier molecular flexibility index (Phi) is 8.26. The van der Waals surface area contributed by atoms with Gasteiger partial charge in [-0.2, -0.15) is 0 Å². The summed E-state index contributed by atoms with van der Waals surface area (Å²) in [6.07, 6.45) is 4.32. The number of ether oxygens (including phenoxy) is 1. The lowest BCUT2D eigenvalue weighted by Crippen LogP contribution is -2.45. The van der Waals surface area contributed by atoms with Gasteiger partial charge in [0.1, 0.15) is 6.10 Å². The van der Waals surface area contributed by atoms with Crippen LogP contribution in [0.1, 0.15) is 35.3 Å². The van der Waals surface area contributed by atoms with Crippen LogP contribution in [-0.2, 0) is 13.0 Å². The van der Waals surface area contributed by atoms with Gasteiger partial charge in [0.15, 0.2) is 5.75 Å². The Labute approximate surface area is 212 Å². The number of likely N-dealkylation sites (N-methyl/N-ethyl adjacent to an activating group) is 1. The molecule has 6 nitrogen and oxygen atoms in total. The molecule has 0 saturated carbocycles. The van der Waals surface area contributed by atoms with Gasteiger partial charge in [-0.15, -0.1) is 0 Å². The molecular formula is C28H33ClN4O2. The van der Waals surface area contributed by atoms with Crippen molar-refractivity contribution in [3.63, 3.8) is 0 Å². The number of aromatic nitrogens is 1. The van der Waals surface area contributed by atoms with E-state index in [-0.39, 0.29) is 18.1 Å². The van der Waals surface area contributed by atoms with Gasteiger partial charge in [0, 0.05) is 43.1 Å². The minimum Gasteiger partial charge on any atom is -0.484 e. The molecule has 0 bridgehead atoms. The smallest absolute Gasteiger partial charge is 0.258 e. The number of carbonyl (C=O) groups excluding carboxylic acids is 1. The Morgan fingerprint density at radius 1 is 1.11 bits per heavy atom. The Bertz CT molecular complexity index is 1120. The number of nitrogens with zero attached hydrogens (tertiary/aromatic N) is 3. The predicted octanol–water partition coefficient (Wildman–Crippen LogP) is 5.13. The molecule has 0 spiro atoms. The van der Waals surface area contributed by atoms with Crippen LogP contribution in [0.15, 0.2) is 67.0 Å². The summed E-state index contributed by atoms with van der Waals surface area (Å²) >= 11 is 6.01. The van der Waals surface area contributed by atoms with Crippen LogP contribution >= 0.6 is 11.6 Å². The summed E-state index contributed by atoms with van der Waals surface area (Å²) in [6.45, 7) is 6.86. The molecule has 0 radical (unpaired) electrons. The molecule has 1 aliphatic heterocycles. The number of hydrogen-bond donors (Lipinski definition) is 1. The number of amides is 1. The minimum atomic E-state index is -0.151. The van der Waals surface area contributed by atoms with Gasteiger partial charge in [0.25, 0.3) is 5.91 Å². The lowest BCUT2D eigenvalue weighted by atomic mass is 10.1. The maximum Gasteiger partial charge on any atom is 0.258 e. The second-order valence-electron chi connectivity index (χ2n) is 9.32. The Balaban J connectivity index is 1.50. The largest absolute Gasteiger partial charge is 0.484 e. The highest BCUT2D eigenvalue weighted by Crippen LogP contribution is 2.34. The number of nitrogens with one attached hydrogen (secondary N) is 1. The maximum absolute atomic E-state index is 13.5. The molecule has 1 aliphatic rings. The molecule has 3 aromatic rings. The summed E-state index contributed by atoms with van der Waals surface area (Å²) in [6, 6.07) is 17.7. The lowest BCUT2D eigenvalue weighted by Gasteiger charge is -2.30. The molecule has 4 rings (SSSR count). The minimum absolute atomic E-state index is 0.00822. The SMILES string of the molecule is CC(C)N1CC(CN(C)CCc2ccc(Cl)cc2)Oc2c(NCc3ccncc3)cccc2C1=O. The quantitative estimate of drug-likeness (QED) is 0.448. The average molecular weight is 493 g/mol. The van der Waals surface area contributed by atoms with Crippen LogP contribution in [0.3, 0.4) is 0 Å². The number of rotatable bonds is 9. The van der Waals surface area contributed by atoms with Crippen molar-refractivity contribution >= 4 is 23.2 Å². The zero-order valence-electron chi connectivity index (χ0n) is 20.6. The summed E-state index contributed by atoms with van der Waals surface area (Å²) in [5, 5.41) is 4.21. The van der Waals surface area contributed by atoms with Crippen molar-refractivity contribution in [1.29, 1.82) is 0 Å². The third-order valence-electron chi connectivity index (χ3n) is 6.26. The third kappa shape index (κ3) is 6.53. The van der Waals surface area contributed by atoms with Gasteiger partial charge in [-0.3, -0.25) is 9.78 Å². The molecule has 2 heterocycles. The predicted molar refractivity (Wildman–Crippen MR) is 141 cm³/mol. The molecular weight excluding hydrogens is 460 g/mol. The van der Waals surface area contributed by atoms with Crippen LogP contribution < -0.4 is 10.1 Å². The first-order chi connectivity index (χ1) is 16.9. The number of halogens is 1. The molecule has 35 heavy (non-hydrogen) atoms. The molecule has 184 valence electrons. The second kappa shape index (κ2) is 11.6. The molecule has 1 amide bonds. The van der Waals surface area contributed by atoms with Crippen LogP contribution in [0.25, 0.3) is 0 Å². The molecule has 0 aliphatic carbocycles. The van der Waals surface area contributed by atoms with Crippen LogP contribution in [0.4, 0.5) is 5.69 Å². The van der Waals surface area contributed by atoms with E-state index in [2.05, 4.69) is 48.2 Å². The number of pyridine rings is 1. The molecule has 1 N–H and O–H groups in total. The van der Waals surface area contributed by atoms with E-state index in [0.29, 0.717) is 30.9 Å². The Morgan fingerprint density at radius 2 is 1.86 bits per heavy atom. The van der Waals surface area contributed by atoms with Crippen LogP contribution in [0, 0.1) is 0 Å². The van der Waals surface area contributed by atoms with Crippen molar-refractivity contribution in [2.24, 2.45) is 0 Å². The monoisotopic (exact) mass is 492 g/mol. The zero-order chi connectivity index (χ0) is 24.8. The Hall–Kier alpha value is -3.09. The summed E-state index contributed by atoms with van der Waals surface area (Å²) in [7, 11) is 2.10. The first-order valence-corrected chi connectivity index (χ1v) is 12.4. The lowest BCUT2D eigenvalue weighted by molar-refractivity contribution is 0.0609. The topological polar surface area (TPSA) is 57.7 Å². The Morgan fingerprint density at radius 3 is 2.57 bits per heavy atom. The molecule has 1 aromatic heterocycles. The van der Waals surface area contributed by atoms with E-state index in [1.165, 1.54) is 5.56 Å².